The van der Waals surface area contributed by atoms with Gasteiger partial charge in [0, 0.05) is 17.8 Å². The highest BCUT2D eigenvalue weighted by molar-refractivity contribution is 6.30. The summed E-state index contributed by atoms with van der Waals surface area (Å²) in [6, 6.07) is 10.4. The van der Waals surface area contributed by atoms with Crippen LogP contribution in [0.4, 0.5) is 10.1 Å². The maximum absolute atomic E-state index is 13.1. The number of nitrogens with one attached hydrogen (secondary N) is 1. The molecule has 2 nitrogen and oxygen atoms in total. The van der Waals surface area contributed by atoms with Gasteiger partial charge in [0.1, 0.15) is 11.6 Å². The Morgan fingerprint density at radius 1 is 1.19 bits per heavy atom. The van der Waals surface area contributed by atoms with Gasteiger partial charge in [0.2, 0.25) is 0 Å². The molecule has 21 heavy (non-hydrogen) atoms. The Morgan fingerprint density at radius 3 is 2.67 bits per heavy atom. The summed E-state index contributed by atoms with van der Waals surface area (Å²) < 4.78 is 18.6. The van der Waals surface area contributed by atoms with Gasteiger partial charge in [-0.25, -0.2) is 4.39 Å². The molecule has 0 aromatic heterocycles. The maximum Gasteiger partial charge on any atom is 0.141 e. The van der Waals surface area contributed by atoms with E-state index in [4.69, 9.17) is 27.9 Å². The number of hydrogen-bond acceptors (Lipinski definition) is 2. The molecule has 0 atom stereocenters. The fraction of sp³-hybridized carbons (Fsp3) is 0.250. The molecule has 0 aliphatic carbocycles. The zero-order valence-electron chi connectivity index (χ0n) is 11.6. The number of ether oxygens (including phenoxy) is 1. The van der Waals surface area contributed by atoms with Crippen molar-refractivity contribution in [3.05, 3.63) is 58.4 Å². The molecule has 0 radical (unpaired) electrons. The summed E-state index contributed by atoms with van der Waals surface area (Å²) in [7, 11) is 0. The summed E-state index contributed by atoms with van der Waals surface area (Å²) in [6.07, 6.45) is 0. The third-order valence-corrected chi connectivity index (χ3v) is 3.56. The fourth-order valence-corrected chi connectivity index (χ4v) is 2.36. The molecule has 5 heteroatoms. The molecule has 0 spiro atoms. The summed E-state index contributed by atoms with van der Waals surface area (Å²) in [6.45, 7) is 3.09. The highest BCUT2D eigenvalue weighted by Crippen LogP contribution is 2.25. The molecule has 0 amide bonds. The van der Waals surface area contributed by atoms with Crippen molar-refractivity contribution in [3.63, 3.8) is 0 Å². The minimum absolute atomic E-state index is 0.127. The van der Waals surface area contributed by atoms with Gasteiger partial charge in [-0.3, -0.25) is 0 Å². The fourth-order valence-electron chi connectivity index (χ4n) is 1.94. The minimum atomic E-state index is -0.411. The van der Waals surface area contributed by atoms with E-state index < -0.39 is 5.82 Å². The van der Waals surface area contributed by atoms with Crippen LogP contribution < -0.4 is 10.1 Å². The zero-order valence-corrected chi connectivity index (χ0v) is 13.1. The second-order valence-electron chi connectivity index (χ2n) is 4.49. The van der Waals surface area contributed by atoms with Gasteiger partial charge in [-0.15, -0.1) is 11.6 Å². The Balaban J connectivity index is 2.07. The van der Waals surface area contributed by atoms with Crippen molar-refractivity contribution < 1.29 is 9.13 Å². The van der Waals surface area contributed by atoms with Gasteiger partial charge in [0.25, 0.3) is 0 Å². The Bertz CT molecular complexity index is 619. The van der Waals surface area contributed by atoms with Gasteiger partial charge in [-0.05, 0) is 42.8 Å². The molecule has 0 aliphatic rings. The monoisotopic (exact) mass is 327 g/mol. The molecule has 1 N–H and O–H groups in total. The van der Waals surface area contributed by atoms with Crippen molar-refractivity contribution >= 4 is 28.9 Å². The predicted molar refractivity (Wildman–Crippen MR) is 85.9 cm³/mol. The first-order chi connectivity index (χ1) is 10.1. The van der Waals surface area contributed by atoms with Crippen LogP contribution in [0.1, 0.15) is 18.1 Å². The van der Waals surface area contributed by atoms with Crippen LogP contribution in [0.25, 0.3) is 0 Å². The lowest BCUT2D eigenvalue weighted by atomic mass is 10.1. The predicted octanol–water partition coefficient (Wildman–Crippen LogP) is 5.23. The van der Waals surface area contributed by atoms with E-state index >= 15 is 0 Å². The van der Waals surface area contributed by atoms with Crippen LogP contribution in [0.2, 0.25) is 5.02 Å². The van der Waals surface area contributed by atoms with Gasteiger partial charge < -0.3 is 10.1 Å². The van der Waals surface area contributed by atoms with Crippen molar-refractivity contribution in [1.29, 1.82) is 0 Å². The number of rotatable bonds is 6. The number of benzene rings is 2. The SMILES string of the molecule is CCOc1ccc(NCc2ccc(F)c(Cl)c2)cc1CCl. The Kier molecular flexibility index (Phi) is 5.71. The van der Waals surface area contributed by atoms with Crippen LogP contribution in [-0.2, 0) is 12.4 Å². The van der Waals surface area contributed by atoms with E-state index in [2.05, 4.69) is 5.32 Å². The van der Waals surface area contributed by atoms with Crippen molar-refractivity contribution in [2.45, 2.75) is 19.3 Å². The summed E-state index contributed by atoms with van der Waals surface area (Å²) >= 11 is 11.7. The number of alkyl halides is 1. The quantitative estimate of drug-likeness (QED) is 0.733. The van der Waals surface area contributed by atoms with Crippen molar-refractivity contribution in [2.24, 2.45) is 0 Å². The van der Waals surface area contributed by atoms with E-state index in [1.807, 2.05) is 25.1 Å². The molecule has 0 fully saturated rings. The van der Waals surface area contributed by atoms with E-state index in [9.17, 15) is 4.39 Å². The van der Waals surface area contributed by atoms with Gasteiger partial charge in [0.15, 0.2) is 0 Å². The number of anilines is 1. The Morgan fingerprint density at radius 2 is 2.00 bits per heavy atom. The molecule has 2 aromatic rings. The van der Waals surface area contributed by atoms with Crippen molar-refractivity contribution in [3.8, 4) is 5.75 Å². The molecule has 112 valence electrons. The average molecular weight is 328 g/mol. The summed E-state index contributed by atoms with van der Waals surface area (Å²) in [5.74, 6) is 0.765. The highest BCUT2D eigenvalue weighted by Gasteiger charge is 2.05. The lowest BCUT2D eigenvalue weighted by Crippen LogP contribution is -2.01. The Hall–Kier alpha value is -1.45. The van der Waals surface area contributed by atoms with Crippen LogP contribution in [0.15, 0.2) is 36.4 Å². The molecular weight excluding hydrogens is 312 g/mol. The molecular formula is C16H16Cl2FNO. The molecule has 0 aliphatic heterocycles. The van der Waals surface area contributed by atoms with Gasteiger partial charge in [-0.2, -0.15) is 0 Å². The van der Waals surface area contributed by atoms with E-state index in [0.29, 0.717) is 19.0 Å². The lowest BCUT2D eigenvalue weighted by molar-refractivity contribution is 0.337. The maximum atomic E-state index is 13.1. The molecule has 0 unspecified atom stereocenters. The second kappa shape index (κ2) is 7.53. The van der Waals surface area contributed by atoms with Crippen LogP contribution >= 0.6 is 23.2 Å². The van der Waals surface area contributed by atoms with E-state index in [0.717, 1.165) is 22.6 Å². The third-order valence-electron chi connectivity index (χ3n) is 2.98. The standard InChI is InChI=1S/C16H16Cl2FNO/c1-2-21-16-6-4-13(8-12(16)9-17)20-10-11-3-5-15(19)14(18)7-11/h3-8,20H,2,9-10H2,1H3. The third kappa shape index (κ3) is 4.26. The molecule has 0 saturated carbocycles. The smallest absolute Gasteiger partial charge is 0.141 e. The average Bonchev–Trinajstić information content (AvgIpc) is 2.49. The van der Waals surface area contributed by atoms with E-state index in [-0.39, 0.29) is 5.02 Å². The van der Waals surface area contributed by atoms with Crippen LogP contribution in [0.5, 0.6) is 5.75 Å². The molecule has 2 rings (SSSR count). The Labute approximate surface area is 133 Å². The zero-order chi connectivity index (χ0) is 15.2. The van der Waals surface area contributed by atoms with Gasteiger partial charge in [0.05, 0.1) is 17.5 Å². The first kappa shape index (κ1) is 15.9. The molecule has 0 bridgehead atoms. The molecule has 0 heterocycles. The van der Waals surface area contributed by atoms with Crippen molar-refractivity contribution in [1.82, 2.24) is 0 Å². The van der Waals surface area contributed by atoms with Gasteiger partial charge >= 0.3 is 0 Å². The summed E-state index contributed by atoms with van der Waals surface area (Å²) in [5, 5.41) is 3.38. The second-order valence-corrected chi connectivity index (χ2v) is 5.17. The first-order valence-corrected chi connectivity index (χ1v) is 7.54. The number of halogens is 3. The van der Waals surface area contributed by atoms with E-state index in [1.54, 1.807) is 12.1 Å². The van der Waals surface area contributed by atoms with E-state index in [1.165, 1.54) is 6.07 Å². The topological polar surface area (TPSA) is 21.3 Å². The first-order valence-electron chi connectivity index (χ1n) is 6.63. The van der Waals surface area contributed by atoms with Crippen LogP contribution in [0.3, 0.4) is 0 Å². The largest absolute Gasteiger partial charge is 0.494 e. The van der Waals surface area contributed by atoms with Crippen LogP contribution in [0, 0.1) is 5.82 Å². The molecule has 0 saturated heterocycles. The summed E-state index contributed by atoms with van der Waals surface area (Å²) in [4.78, 5) is 0. The normalized spacial score (nSPS) is 10.5. The van der Waals surface area contributed by atoms with Crippen LogP contribution in [-0.4, -0.2) is 6.61 Å². The molecule has 2 aromatic carbocycles. The highest BCUT2D eigenvalue weighted by atomic mass is 35.5. The van der Waals surface area contributed by atoms with Gasteiger partial charge in [-0.1, -0.05) is 17.7 Å². The lowest BCUT2D eigenvalue weighted by Gasteiger charge is -2.12. The van der Waals surface area contributed by atoms with Crippen molar-refractivity contribution in [2.75, 3.05) is 11.9 Å². The number of hydrogen-bond donors (Lipinski definition) is 1. The minimum Gasteiger partial charge on any atom is -0.494 e. The summed E-state index contributed by atoms with van der Waals surface area (Å²) in [5.41, 5.74) is 2.76.